The summed E-state index contributed by atoms with van der Waals surface area (Å²) in [5.74, 6) is -0.0978. The SMILES string of the molecule is CCc1ccc(NC(=O)COc2ccc(S(=O)(=O)N3CCOCC3)cc2Cl)cc1. The van der Waals surface area contributed by atoms with Gasteiger partial charge in [-0.05, 0) is 42.3 Å². The molecule has 29 heavy (non-hydrogen) atoms. The molecular formula is C20H23ClN2O5S. The monoisotopic (exact) mass is 438 g/mol. The lowest BCUT2D eigenvalue weighted by Gasteiger charge is -2.26. The van der Waals surface area contributed by atoms with Gasteiger partial charge in [0.05, 0.1) is 23.1 Å². The minimum atomic E-state index is -3.65. The maximum atomic E-state index is 12.7. The van der Waals surface area contributed by atoms with E-state index >= 15 is 0 Å². The molecule has 1 saturated heterocycles. The number of nitrogens with zero attached hydrogens (tertiary/aromatic N) is 1. The summed E-state index contributed by atoms with van der Waals surface area (Å²) in [6, 6.07) is 11.8. The highest BCUT2D eigenvalue weighted by Gasteiger charge is 2.27. The van der Waals surface area contributed by atoms with Gasteiger partial charge in [0, 0.05) is 18.8 Å². The Bertz CT molecular complexity index is 957. The first-order valence-corrected chi connectivity index (χ1v) is 11.1. The van der Waals surface area contributed by atoms with E-state index in [0.717, 1.165) is 6.42 Å². The summed E-state index contributed by atoms with van der Waals surface area (Å²) in [5, 5.41) is 2.86. The zero-order valence-electron chi connectivity index (χ0n) is 16.1. The van der Waals surface area contributed by atoms with Crippen LogP contribution in [0.5, 0.6) is 5.75 Å². The van der Waals surface area contributed by atoms with E-state index in [1.807, 2.05) is 24.3 Å². The molecule has 1 fully saturated rings. The molecule has 1 amide bonds. The van der Waals surface area contributed by atoms with Gasteiger partial charge in [-0.2, -0.15) is 4.31 Å². The molecule has 156 valence electrons. The fourth-order valence-corrected chi connectivity index (χ4v) is 4.59. The number of carbonyl (C=O) groups is 1. The van der Waals surface area contributed by atoms with Crippen LogP contribution in [0.1, 0.15) is 12.5 Å². The Kier molecular flexibility index (Phi) is 7.13. The van der Waals surface area contributed by atoms with Crippen molar-refractivity contribution in [1.29, 1.82) is 0 Å². The standard InChI is InChI=1S/C20H23ClN2O5S/c1-2-15-3-5-16(6-4-15)22-20(24)14-28-19-8-7-17(13-18(19)21)29(25,26)23-9-11-27-12-10-23/h3-8,13H,2,9-12,14H2,1H3,(H,22,24). The van der Waals surface area contributed by atoms with E-state index in [0.29, 0.717) is 32.0 Å². The second kappa shape index (κ2) is 9.58. The van der Waals surface area contributed by atoms with Crippen LogP contribution in [0.3, 0.4) is 0 Å². The molecule has 0 atom stereocenters. The molecule has 0 bridgehead atoms. The van der Waals surface area contributed by atoms with Gasteiger partial charge in [-0.3, -0.25) is 4.79 Å². The minimum Gasteiger partial charge on any atom is -0.482 e. The van der Waals surface area contributed by atoms with Crippen LogP contribution in [-0.4, -0.2) is 51.5 Å². The Balaban J connectivity index is 1.60. The van der Waals surface area contributed by atoms with Crippen LogP contribution in [0, 0.1) is 0 Å². The number of amides is 1. The molecule has 3 rings (SSSR count). The van der Waals surface area contributed by atoms with Gasteiger partial charge in [0.2, 0.25) is 10.0 Å². The number of aryl methyl sites for hydroxylation is 1. The van der Waals surface area contributed by atoms with Crippen molar-refractivity contribution in [3.05, 3.63) is 53.1 Å². The van der Waals surface area contributed by atoms with Gasteiger partial charge < -0.3 is 14.8 Å². The summed E-state index contributed by atoms with van der Waals surface area (Å²) in [6.45, 7) is 3.15. The second-order valence-electron chi connectivity index (χ2n) is 6.50. The maximum Gasteiger partial charge on any atom is 0.262 e. The summed E-state index contributed by atoms with van der Waals surface area (Å²) >= 11 is 6.19. The third-order valence-corrected chi connectivity index (χ3v) is 6.71. The van der Waals surface area contributed by atoms with E-state index in [4.69, 9.17) is 21.1 Å². The molecule has 9 heteroatoms. The first-order valence-electron chi connectivity index (χ1n) is 9.29. The number of halogens is 1. The maximum absolute atomic E-state index is 12.7. The first-order chi connectivity index (χ1) is 13.9. The number of rotatable bonds is 7. The predicted molar refractivity (Wildman–Crippen MR) is 111 cm³/mol. The fraction of sp³-hybridized carbons (Fsp3) is 0.350. The molecular weight excluding hydrogens is 416 g/mol. The number of ether oxygens (including phenoxy) is 2. The van der Waals surface area contributed by atoms with E-state index in [-0.39, 0.29) is 28.2 Å². The van der Waals surface area contributed by atoms with Crippen molar-refractivity contribution in [2.75, 3.05) is 38.2 Å². The Morgan fingerprint density at radius 1 is 1.17 bits per heavy atom. The van der Waals surface area contributed by atoms with Gasteiger partial charge in [-0.15, -0.1) is 0 Å². The largest absolute Gasteiger partial charge is 0.482 e. The van der Waals surface area contributed by atoms with Crippen LogP contribution in [0.4, 0.5) is 5.69 Å². The van der Waals surface area contributed by atoms with Gasteiger partial charge in [0.25, 0.3) is 5.91 Å². The minimum absolute atomic E-state index is 0.0808. The zero-order valence-corrected chi connectivity index (χ0v) is 17.6. The van der Waals surface area contributed by atoms with Gasteiger partial charge in [0.15, 0.2) is 6.61 Å². The average Bonchev–Trinajstić information content (AvgIpc) is 2.74. The van der Waals surface area contributed by atoms with Gasteiger partial charge >= 0.3 is 0 Å². The molecule has 1 N–H and O–H groups in total. The van der Waals surface area contributed by atoms with Crippen LogP contribution in [0.25, 0.3) is 0 Å². The number of hydrogen-bond acceptors (Lipinski definition) is 5. The summed E-state index contributed by atoms with van der Waals surface area (Å²) in [7, 11) is -3.65. The van der Waals surface area contributed by atoms with E-state index in [2.05, 4.69) is 12.2 Å². The number of morpholine rings is 1. The third-order valence-electron chi connectivity index (χ3n) is 4.52. The molecule has 2 aromatic carbocycles. The van der Waals surface area contributed by atoms with Crippen molar-refractivity contribution in [3.8, 4) is 5.75 Å². The number of hydrogen-bond donors (Lipinski definition) is 1. The lowest BCUT2D eigenvalue weighted by molar-refractivity contribution is -0.118. The van der Waals surface area contributed by atoms with Crippen LogP contribution < -0.4 is 10.1 Å². The second-order valence-corrected chi connectivity index (χ2v) is 8.84. The van der Waals surface area contributed by atoms with E-state index in [1.165, 1.54) is 28.1 Å². The molecule has 7 nitrogen and oxygen atoms in total. The van der Waals surface area contributed by atoms with Crippen LogP contribution in [0.2, 0.25) is 5.02 Å². The summed E-state index contributed by atoms with van der Waals surface area (Å²) in [5.41, 5.74) is 1.85. The van der Waals surface area contributed by atoms with Crippen molar-refractivity contribution in [2.24, 2.45) is 0 Å². The van der Waals surface area contributed by atoms with Crippen molar-refractivity contribution in [1.82, 2.24) is 4.31 Å². The first kappa shape index (κ1) is 21.6. The lowest BCUT2D eigenvalue weighted by Crippen LogP contribution is -2.40. The normalized spacial score (nSPS) is 15.1. The molecule has 0 radical (unpaired) electrons. The molecule has 0 spiro atoms. The third kappa shape index (κ3) is 5.48. The molecule has 2 aromatic rings. The average molecular weight is 439 g/mol. The van der Waals surface area contributed by atoms with Gasteiger partial charge in [0.1, 0.15) is 5.75 Å². The van der Waals surface area contributed by atoms with Gasteiger partial charge in [-0.1, -0.05) is 30.7 Å². The zero-order chi connectivity index (χ0) is 20.9. The topological polar surface area (TPSA) is 84.9 Å². The van der Waals surface area contributed by atoms with E-state index < -0.39 is 10.0 Å². The van der Waals surface area contributed by atoms with Crippen LogP contribution in [-0.2, 0) is 26.0 Å². The smallest absolute Gasteiger partial charge is 0.262 e. The highest BCUT2D eigenvalue weighted by Crippen LogP contribution is 2.29. The molecule has 0 saturated carbocycles. The number of anilines is 1. The highest BCUT2D eigenvalue weighted by atomic mass is 35.5. The van der Waals surface area contributed by atoms with E-state index in [1.54, 1.807) is 0 Å². The quantitative estimate of drug-likeness (QED) is 0.718. The molecule has 0 unspecified atom stereocenters. The van der Waals surface area contributed by atoms with E-state index in [9.17, 15) is 13.2 Å². The summed E-state index contributed by atoms with van der Waals surface area (Å²) in [6.07, 6.45) is 0.924. The molecule has 0 aliphatic carbocycles. The molecule has 1 aliphatic heterocycles. The van der Waals surface area contributed by atoms with Gasteiger partial charge in [-0.25, -0.2) is 8.42 Å². The van der Waals surface area contributed by atoms with Crippen LogP contribution in [0.15, 0.2) is 47.4 Å². The van der Waals surface area contributed by atoms with Crippen molar-refractivity contribution >= 4 is 33.2 Å². The van der Waals surface area contributed by atoms with Crippen molar-refractivity contribution in [3.63, 3.8) is 0 Å². The Morgan fingerprint density at radius 3 is 2.48 bits per heavy atom. The summed E-state index contributed by atoms with van der Waals surface area (Å²) in [4.78, 5) is 12.2. The molecule has 1 heterocycles. The number of benzene rings is 2. The van der Waals surface area contributed by atoms with Crippen molar-refractivity contribution in [2.45, 2.75) is 18.2 Å². The number of nitrogens with one attached hydrogen (secondary N) is 1. The lowest BCUT2D eigenvalue weighted by atomic mass is 10.1. The van der Waals surface area contributed by atoms with Crippen LogP contribution >= 0.6 is 11.6 Å². The Hall–Kier alpha value is -2.13. The van der Waals surface area contributed by atoms with Crippen molar-refractivity contribution < 1.29 is 22.7 Å². The highest BCUT2D eigenvalue weighted by molar-refractivity contribution is 7.89. The number of carbonyl (C=O) groups excluding carboxylic acids is 1. The molecule has 1 aliphatic rings. The Morgan fingerprint density at radius 2 is 1.86 bits per heavy atom. The fourth-order valence-electron chi connectivity index (χ4n) is 2.86. The Labute approximate surface area is 175 Å². The number of sulfonamides is 1. The summed E-state index contributed by atoms with van der Waals surface area (Å²) < 4.78 is 37.4. The molecule has 0 aromatic heterocycles. The predicted octanol–water partition coefficient (Wildman–Crippen LogP) is 2.94.